The van der Waals surface area contributed by atoms with Crippen molar-refractivity contribution in [1.29, 1.82) is 0 Å². The molecule has 0 atom stereocenters. The largest absolute Gasteiger partial charge is 0.261 e. The Balaban J connectivity index is 3.12. The number of nitrogens with one attached hydrogen (secondary N) is 1. The number of rotatable bonds is 0. The van der Waals surface area contributed by atoms with Crippen LogP contribution in [-0.2, 0) is 0 Å². The van der Waals surface area contributed by atoms with Crippen LogP contribution < -0.4 is 0 Å². The van der Waals surface area contributed by atoms with Crippen LogP contribution in [0.5, 0.6) is 0 Å². The molecular weight excluding hydrogens is 158 g/mol. The lowest BCUT2D eigenvalue weighted by molar-refractivity contribution is 0.924. The van der Waals surface area contributed by atoms with Gasteiger partial charge in [0.25, 0.3) is 0 Å². The zero-order chi connectivity index (χ0) is 5.28. The molecule has 0 radical (unpaired) electrons. The Morgan fingerprint density at radius 2 is 2.43 bits per heavy atom. The van der Waals surface area contributed by atoms with Crippen molar-refractivity contribution in [2.24, 2.45) is 0 Å². The molecular formula is C3H4BrN3. The number of aromatic nitrogens is 3. The molecule has 4 heteroatoms. The van der Waals surface area contributed by atoms with Crippen LogP contribution in [0.4, 0.5) is 0 Å². The van der Waals surface area contributed by atoms with Gasteiger partial charge in [0, 0.05) is 0 Å². The topological polar surface area (TPSA) is 41.6 Å². The number of aryl methyl sites for hydroxylation is 1. The maximum atomic E-state index is 3.63. The van der Waals surface area contributed by atoms with Crippen LogP contribution in [-0.4, -0.2) is 15.4 Å². The van der Waals surface area contributed by atoms with E-state index in [1.807, 2.05) is 6.92 Å². The molecule has 1 rings (SSSR count). The summed E-state index contributed by atoms with van der Waals surface area (Å²) in [7, 11) is 0. The highest BCUT2D eigenvalue weighted by Crippen LogP contribution is 2.05. The van der Waals surface area contributed by atoms with E-state index >= 15 is 0 Å². The summed E-state index contributed by atoms with van der Waals surface area (Å²) in [5.74, 6) is 0. The third-order valence-corrected chi connectivity index (χ3v) is 1.42. The molecule has 0 amide bonds. The monoisotopic (exact) mass is 161 g/mol. The number of aromatic amines is 1. The van der Waals surface area contributed by atoms with Crippen LogP contribution in [0.3, 0.4) is 0 Å². The fourth-order valence-corrected chi connectivity index (χ4v) is 0.433. The number of nitrogens with zero attached hydrogens (tertiary/aromatic N) is 2. The van der Waals surface area contributed by atoms with Crippen LogP contribution in [0.25, 0.3) is 0 Å². The smallest absolute Gasteiger partial charge is 0.151 e. The highest BCUT2D eigenvalue weighted by molar-refractivity contribution is 9.10. The molecule has 0 bridgehead atoms. The summed E-state index contributed by atoms with van der Waals surface area (Å²) in [6.45, 7) is 1.89. The molecule has 1 N–H and O–H groups in total. The van der Waals surface area contributed by atoms with E-state index in [9.17, 15) is 0 Å². The Kier molecular flexibility index (Phi) is 1.10. The first-order valence-electron chi connectivity index (χ1n) is 1.84. The number of H-pyrrole nitrogens is 1. The molecule has 0 aliphatic carbocycles. The van der Waals surface area contributed by atoms with Gasteiger partial charge in [-0.3, -0.25) is 5.10 Å². The van der Waals surface area contributed by atoms with Crippen LogP contribution in [0, 0.1) is 6.92 Å². The van der Waals surface area contributed by atoms with Gasteiger partial charge in [-0.25, -0.2) is 0 Å². The third kappa shape index (κ3) is 0.796. The average Bonchev–Trinajstić information content (AvgIpc) is 1.91. The fraction of sp³-hybridized carbons (Fsp3) is 0.333. The zero-order valence-electron chi connectivity index (χ0n) is 3.77. The minimum absolute atomic E-state index is 0.785. The molecule has 0 unspecified atom stereocenters. The van der Waals surface area contributed by atoms with Gasteiger partial charge in [0.05, 0.1) is 5.69 Å². The summed E-state index contributed by atoms with van der Waals surface area (Å²) in [6, 6.07) is 0. The lowest BCUT2D eigenvalue weighted by Crippen LogP contribution is -1.67. The van der Waals surface area contributed by atoms with Gasteiger partial charge in [0.2, 0.25) is 0 Å². The number of halogens is 1. The molecule has 0 aliphatic heterocycles. The maximum absolute atomic E-state index is 3.63. The minimum Gasteiger partial charge on any atom is -0.261 e. The molecule has 1 aromatic rings. The van der Waals surface area contributed by atoms with Crippen molar-refractivity contribution in [3.05, 3.63) is 10.3 Å². The molecule has 0 aliphatic rings. The third-order valence-electron chi connectivity index (χ3n) is 0.665. The van der Waals surface area contributed by atoms with Crippen molar-refractivity contribution in [3.63, 3.8) is 0 Å². The molecule has 3 nitrogen and oxygen atoms in total. The van der Waals surface area contributed by atoms with Crippen LogP contribution in [0.1, 0.15) is 5.69 Å². The predicted octanol–water partition coefficient (Wildman–Crippen LogP) is 0.876. The van der Waals surface area contributed by atoms with Crippen LogP contribution in [0.2, 0.25) is 0 Å². The van der Waals surface area contributed by atoms with Gasteiger partial charge in [0.1, 0.15) is 0 Å². The van der Waals surface area contributed by atoms with Crippen molar-refractivity contribution in [2.75, 3.05) is 0 Å². The lowest BCUT2D eigenvalue weighted by atomic mass is 10.6. The van der Waals surface area contributed by atoms with Crippen molar-refractivity contribution in [2.45, 2.75) is 6.92 Å². The van der Waals surface area contributed by atoms with Crippen molar-refractivity contribution in [3.8, 4) is 0 Å². The Bertz CT molecular complexity index is 142. The standard InChI is InChI=1S/C3H4BrN3/c1-2-3(4)6-7-5-2/h1H3,(H,5,6,7). The van der Waals surface area contributed by atoms with E-state index in [2.05, 4.69) is 31.3 Å². The molecule has 38 valence electrons. The first-order valence-corrected chi connectivity index (χ1v) is 2.63. The van der Waals surface area contributed by atoms with Gasteiger partial charge in [0.15, 0.2) is 4.60 Å². The molecule has 0 spiro atoms. The molecule has 1 aromatic heterocycles. The van der Waals surface area contributed by atoms with E-state index in [4.69, 9.17) is 0 Å². The fourth-order valence-electron chi connectivity index (χ4n) is 0.265. The summed E-state index contributed by atoms with van der Waals surface area (Å²) < 4.78 is 0.785. The molecule has 0 saturated carbocycles. The van der Waals surface area contributed by atoms with Crippen molar-refractivity contribution in [1.82, 2.24) is 15.4 Å². The molecule has 7 heavy (non-hydrogen) atoms. The molecule has 1 heterocycles. The highest BCUT2D eigenvalue weighted by Gasteiger charge is 1.91. The molecule has 0 aromatic carbocycles. The summed E-state index contributed by atoms with van der Waals surface area (Å²) >= 11 is 3.16. The Hall–Kier alpha value is -0.380. The van der Waals surface area contributed by atoms with Crippen LogP contribution in [0.15, 0.2) is 4.60 Å². The first kappa shape index (κ1) is 4.77. The van der Waals surface area contributed by atoms with E-state index in [0.717, 1.165) is 10.3 Å². The average molecular weight is 162 g/mol. The van der Waals surface area contributed by atoms with Crippen molar-refractivity contribution < 1.29 is 0 Å². The zero-order valence-corrected chi connectivity index (χ0v) is 5.36. The maximum Gasteiger partial charge on any atom is 0.151 e. The van der Waals surface area contributed by atoms with Gasteiger partial charge in [-0.15, -0.1) is 5.10 Å². The van der Waals surface area contributed by atoms with Gasteiger partial charge in [-0.2, -0.15) is 0 Å². The van der Waals surface area contributed by atoms with E-state index in [-0.39, 0.29) is 0 Å². The van der Waals surface area contributed by atoms with Crippen molar-refractivity contribution >= 4 is 15.9 Å². The minimum atomic E-state index is 0.785. The van der Waals surface area contributed by atoms with Gasteiger partial charge in [-0.1, -0.05) is 5.21 Å². The Morgan fingerprint density at radius 3 is 2.57 bits per heavy atom. The second kappa shape index (κ2) is 1.61. The summed E-state index contributed by atoms with van der Waals surface area (Å²) in [5.41, 5.74) is 0.958. The lowest BCUT2D eigenvalue weighted by Gasteiger charge is -1.73. The normalized spacial score (nSPS) is 9.43. The highest BCUT2D eigenvalue weighted by atomic mass is 79.9. The van der Waals surface area contributed by atoms with E-state index < -0.39 is 0 Å². The SMILES string of the molecule is Cc1[nH]nnc1Br. The number of hydrogen-bond acceptors (Lipinski definition) is 2. The quantitative estimate of drug-likeness (QED) is 0.614. The Morgan fingerprint density at radius 1 is 1.71 bits per heavy atom. The van der Waals surface area contributed by atoms with E-state index in [1.165, 1.54) is 0 Å². The number of hydrogen-bond donors (Lipinski definition) is 1. The predicted molar refractivity (Wildman–Crippen MR) is 28.8 cm³/mol. The second-order valence-corrected chi connectivity index (χ2v) is 1.98. The van der Waals surface area contributed by atoms with E-state index in [1.54, 1.807) is 0 Å². The van der Waals surface area contributed by atoms with Gasteiger partial charge >= 0.3 is 0 Å². The van der Waals surface area contributed by atoms with Gasteiger partial charge in [-0.05, 0) is 22.9 Å². The molecule has 0 fully saturated rings. The van der Waals surface area contributed by atoms with E-state index in [0.29, 0.717) is 0 Å². The van der Waals surface area contributed by atoms with Crippen LogP contribution >= 0.6 is 15.9 Å². The summed E-state index contributed by atoms with van der Waals surface area (Å²) in [6.07, 6.45) is 0. The molecule has 0 saturated heterocycles. The Labute approximate surface area is 49.2 Å². The second-order valence-electron chi connectivity index (χ2n) is 1.23. The summed E-state index contributed by atoms with van der Waals surface area (Å²) in [5, 5.41) is 9.79. The van der Waals surface area contributed by atoms with Gasteiger partial charge < -0.3 is 0 Å². The summed E-state index contributed by atoms with van der Waals surface area (Å²) in [4.78, 5) is 0. The first-order chi connectivity index (χ1) is 3.30.